The highest BCUT2D eigenvalue weighted by molar-refractivity contribution is 5.84. The number of hydrogen-bond donors (Lipinski definition) is 2. The van der Waals surface area contributed by atoms with Crippen LogP contribution in [0.4, 0.5) is 4.39 Å². The summed E-state index contributed by atoms with van der Waals surface area (Å²) in [5.74, 6) is -0.515. The standard InChI is InChI=1S/C18H14FN5/c1-11-14-9-12(5-6-16(14)24-23-11)18(19)13(10-20)3-2-4-15(18)17-21-7-8-22-17/h2-9,13H,1H3,(H,21,22)(H,23,24). The Labute approximate surface area is 137 Å². The van der Waals surface area contributed by atoms with Crippen molar-refractivity contribution >= 4 is 16.5 Å². The number of nitrogens with zero attached hydrogens (tertiary/aromatic N) is 3. The Kier molecular flexibility index (Phi) is 3.10. The highest BCUT2D eigenvalue weighted by Gasteiger charge is 2.46. The number of hydrogen-bond acceptors (Lipinski definition) is 3. The second-order valence-corrected chi connectivity index (χ2v) is 5.80. The van der Waals surface area contributed by atoms with Crippen molar-refractivity contribution in [1.82, 2.24) is 20.2 Å². The molecule has 2 unspecified atom stereocenters. The van der Waals surface area contributed by atoms with Crippen molar-refractivity contribution in [2.45, 2.75) is 12.6 Å². The Bertz CT molecular complexity index is 1010. The lowest BCUT2D eigenvalue weighted by atomic mass is 9.74. The summed E-state index contributed by atoms with van der Waals surface area (Å²) in [6.07, 6.45) is 8.16. The van der Waals surface area contributed by atoms with Crippen LogP contribution in [0.2, 0.25) is 0 Å². The molecule has 1 aliphatic carbocycles. The van der Waals surface area contributed by atoms with Gasteiger partial charge in [0.1, 0.15) is 11.7 Å². The summed E-state index contributed by atoms with van der Waals surface area (Å²) in [6, 6.07) is 7.28. The molecule has 4 rings (SSSR count). The highest BCUT2D eigenvalue weighted by atomic mass is 19.1. The second kappa shape index (κ2) is 5.17. The minimum absolute atomic E-state index is 0.349. The van der Waals surface area contributed by atoms with E-state index in [0.717, 1.165) is 16.6 Å². The molecule has 0 aliphatic heterocycles. The number of aromatic nitrogens is 4. The van der Waals surface area contributed by atoms with E-state index in [0.29, 0.717) is 17.0 Å². The lowest BCUT2D eigenvalue weighted by Gasteiger charge is -2.32. The van der Waals surface area contributed by atoms with Crippen molar-refractivity contribution in [2.75, 3.05) is 0 Å². The zero-order valence-corrected chi connectivity index (χ0v) is 12.9. The van der Waals surface area contributed by atoms with Crippen molar-refractivity contribution in [2.24, 2.45) is 5.92 Å². The van der Waals surface area contributed by atoms with E-state index >= 15 is 4.39 Å². The maximum atomic E-state index is 16.3. The molecule has 0 spiro atoms. The van der Waals surface area contributed by atoms with Gasteiger partial charge in [-0.05, 0) is 24.6 Å². The van der Waals surface area contributed by atoms with Gasteiger partial charge < -0.3 is 4.98 Å². The number of imidazole rings is 1. The topological polar surface area (TPSA) is 81.2 Å². The molecule has 0 radical (unpaired) electrons. The molecule has 3 aromatic rings. The molecule has 0 saturated carbocycles. The predicted octanol–water partition coefficient (Wildman–Crippen LogP) is 3.55. The van der Waals surface area contributed by atoms with Crippen molar-refractivity contribution in [3.8, 4) is 6.07 Å². The van der Waals surface area contributed by atoms with E-state index in [1.807, 2.05) is 6.92 Å². The van der Waals surface area contributed by atoms with Crippen molar-refractivity contribution in [3.63, 3.8) is 0 Å². The van der Waals surface area contributed by atoms with Gasteiger partial charge in [-0.2, -0.15) is 10.4 Å². The molecule has 6 heteroatoms. The molecule has 0 bridgehead atoms. The third-order valence-corrected chi connectivity index (χ3v) is 4.44. The summed E-state index contributed by atoms with van der Waals surface area (Å²) in [5, 5.41) is 17.4. The molecule has 1 aliphatic rings. The Morgan fingerprint density at radius 3 is 3.00 bits per heavy atom. The minimum atomic E-state index is -1.99. The number of H-pyrrole nitrogens is 2. The Hall–Kier alpha value is -3.20. The smallest absolute Gasteiger partial charge is 0.183 e. The SMILES string of the molecule is Cc1[nH]nc2ccc(C3(F)C(c4ncc[nH]4)=CC=CC3C#N)cc12. The third-order valence-electron chi connectivity index (χ3n) is 4.44. The number of nitriles is 1. The van der Waals surface area contributed by atoms with Crippen LogP contribution < -0.4 is 0 Å². The van der Waals surface area contributed by atoms with Crippen LogP contribution in [0, 0.1) is 24.2 Å². The van der Waals surface area contributed by atoms with E-state index in [9.17, 15) is 5.26 Å². The fraction of sp³-hybridized carbons (Fsp3) is 0.167. The molecule has 1 aromatic carbocycles. The van der Waals surface area contributed by atoms with Gasteiger partial charge in [0.05, 0.1) is 11.6 Å². The van der Waals surface area contributed by atoms with Gasteiger partial charge in [-0.25, -0.2) is 9.37 Å². The molecule has 0 saturated heterocycles. The number of nitrogens with one attached hydrogen (secondary N) is 2. The van der Waals surface area contributed by atoms with Crippen molar-refractivity contribution in [1.29, 1.82) is 5.26 Å². The maximum Gasteiger partial charge on any atom is 0.183 e. The third kappa shape index (κ3) is 1.91. The summed E-state index contributed by atoms with van der Waals surface area (Å²) in [6.45, 7) is 1.88. The van der Waals surface area contributed by atoms with Gasteiger partial charge in [-0.15, -0.1) is 0 Å². The van der Waals surface area contributed by atoms with Crippen LogP contribution in [0.1, 0.15) is 17.1 Å². The average Bonchev–Trinajstić information content (AvgIpc) is 3.25. The molecular formula is C18H14FN5. The first-order chi connectivity index (χ1) is 11.6. The number of aryl methyl sites for hydroxylation is 1. The van der Waals surface area contributed by atoms with Crippen LogP contribution in [-0.4, -0.2) is 20.2 Å². The lowest BCUT2D eigenvalue weighted by molar-refractivity contribution is 0.209. The highest BCUT2D eigenvalue weighted by Crippen LogP contribution is 2.48. The molecule has 24 heavy (non-hydrogen) atoms. The van der Waals surface area contributed by atoms with E-state index in [1.165, 1.54) is 0 Å². The Morgan fingerprint density at radius 2 is 2.25 bits per heavy atom. The first kappa shape index (κ1) is 14.4. The van der Waals surface area contributed by atoms with E-state index in [1.54, 1.807) is 48.8 Å². The normalized spacial score (nSPS) is 23.2. The number of fused-ring (bicyclic) bond motifs is 1. The molecule has 0 fully saturated rings. The van der Waals surface area contributed by atoms with Crippen LogP contribution in [0.25, 0.3) is 16.5 Å². The number of rotatable bonds is 2. The van der Waals surface area contributed by atoms with Crippen LogP contribution in [0.3, 0.4) is 0 Å². The van der Waals surface area contributed by atoms with E-state index in [4.69, 9.17) is 0 Å². The second-order valence-electron chi connectivity index (χ2n) is 5.80. The molecule has 2 N–H and O–H groups in total. The molecule has 2 atom stereocenters. The van der Waals surface area contributed by atoms with Crippen molar-refractivity contribution < 1.29 is 4.39 Å². The zero-order chi connectivity index (χ0) is 16.7. The van der Waals surface area contributed by atoms with Crippen LogP contribution >= 0.6 is 0 Å². The molecule has 2 heterocycles. The molecule has 2 aromatic heterocycles. The first-order valence-electron chi connectivity index (χ1n) is 7.57. The van der Waals surface area contributed by atoms with Crippen LogP contribution in [0.15, 0.2) is 48.8 Å². The van der Waals surface area contributed by atoms with Gasteiger partial charge in [-0.1, -0.05) is 24.3 Å². The number of benzene rings is 1. The monoisotopic (exact) mass is 319 g/mol. The van der Waals surface area contributed by atoms with Gasteiger partial charge in [-0.3, -0.25) is 5.10 Å². The molecule has 0 amide bonds. The minimum Gasteiger partial charge on any atom is -0.345 e. The van der Waals surface area contributed by atoms with Gasteiger partial charge in [0, 0.05) is 29.0 Å². The van der Waals surface area contributed by atoms with Gasteiger partial charge in [0.25, 0.3) is 0 Å². The fourth-order valence-electron chi connectivity index (χ4n) is 3.18. The number of alkyl halides is 1. The van der Waals surface area contributed by atoms with Crippen molar-refractivity contribution in [3.05, 3.63) is 65.9 Å². The maximum absolute atomic E-state index is 16.3. The summed E-state index contributed by atoms with van der Waals surface area (Å²) in [5.41, 5.74) is 0.404. The zero-order valence-electron chi connectivity index (χ0n) is 12.9. The Balaban J connectivity index is 1.95. The van der Waals surface area contributed by atoms with E-state index in [2.05, 4.69) is 26.2 Å². The molecule has 118 valence electrons. The quantitative estimate of drug-likeness (QED) is 0.758. The summed E-state index contributed by atoms with van der Waals surface area (Å²) < 4.78 is 16.3. The van der Waals surface area contributed by atoms with Gasteiger partial charge in [0.15, 0.2) is 5.67 Å². The van der Waals surface area contributed by atoms with Crippen LogP contribution in [-0.2, 0) is 5.67 Å². The fourth-order valence-corrected chi connectivity index (χ4v) is 3.18. The van der Waals surface area contributed by atoms with E-state index < -0.39 is 11.6 Å². The number of aromatic amines is 2. The first-order valence-corrected chi connectivity index (χ1v) is 7.57. The summed E-state index contributed by atoms with van der Waals surface area (Å²) in [7, 11) is 0. The number of allylic oxidation sites excluding steroid dienone is 4. The summed E-state index contributed by atoms with van der Waals surface area (Å²) in [4.78, 5) is 7.11. The Morgan fingerprint density at radius 1 is 1.38 bits per heavy atom. The lowest BCUT2D eigenvalue weighted by Crippen LogP contribution is -2.32. The molecular weight excluding hydrogens is 305 g/mol. The van der Waals surface area contributed by atoms with Gasteiger partial charge in [0.2, 0.25) is 0 Å². The van der Waals surface area contributed by atoms with Gasteiger partial charge >= 0.3 is 0 Å². The number of halogens is 1. The summed E-state index contributed by atoms with van der Waals surface area (Å²) >= 11 is 0. The largest absolute Gasteiger partial charge is 0.345 e. The average molecular weight is 319 g/mol. The van der Waals surface area contributed by atoms with E-state index in [-0.39, 0.29) is 0 Å². The molecule has 5 nitrogen and oxygen atoms in total. The predicted molar refractivity (Wildman–Crippen MR) is 88.4 cm³/mol. The van der Waals surface area contributed by atoms with Crippen LogP contribution in [0.5, 0.6) is 0 Å².